The number of hydrogen-bond donors (Lipinski definition) is 0. The van der Waals surface area contributed by atoms with Gasteiger partial charge in [-0.1, -0.05) is 25.6 Å². The van der Waals surface area contributed by atoms with Gasteiger partial charge in [0.1, 0.15) is 13.8 Å². The van der Waals surface area contributed by atoms with Gasteiger partial charge in [-0.2, -0.15) is 0 Å². The SMILES string of the molecule is COc1ccc(Br)c(C#C[Si](C)(C)C)c1. The molecule has 0 aromatic heterocycles. The summed E-state index contributed by atoms with van der Waals surface area (Å²) in [6.45, 7) is 6.69. The van der Waals surface area contributed by atoms with E-state index in [0.29, 0.717) is 0 Å². The molecule has 0 radical (unpaired) electrons. The smallest absolute Gasteiger partial charge is 0.129 e. The molecule has 1 rings (SSSR count). The molecule has 1 aromatic rings. The van der Waals surface area contributed by atoms with E-state index in [1.165, 1.54) is 0 Å². The number of benzene rings is 1. The molecule has 15 heavy (non-hydrogen) atoms. The molecule has 0 aliphatic rings. The molecule has 0 saturated carbocycles. The molecular formula is C12H15BrOSi. The molecule has 0 fully saturated rings. The maximum absolute atomic E-state index is 5.16. The van der Waals surface area contributed by atoms with E-state index in [2.05, 4.69) is 47.0 Å². The molecule has 0 saturated heterocycles. The normalized spacial score (nSPS) is 10.5. The van der Waals surface area contributed by atoms with Crippen LogP contribution in [0.2, 0.25) is 19.6 Å². The van der Waals surface area contributed by atoms with Crippen molar-refractivity contribution < 1.29 is 4.74 Å². The molecule has 0 atom stereocenters. The van der Waals surface area contributed by atoms with Crippen molar-refractivity contribution in [2.75, 3.05) is 7.11 Å². The number of ether oxygens (including phenoxy) is 1. The molecule has 1 nitrogen and oxygen atoms in total. The minimum absolute atomic E-state index is 0.845. The topological polar surface area (TPSA) is 9.23 Å². The van der Waals surface area contributed by atoms with E-state index in [-0.39, 0.29) is 0 Å². The van der Waals surface area contributed by atoms with Gasteiger partial charge in [-0.15, -0.1) is 5.54 Å². The monoisotopic (exact) mass is 282 g/mol. The molecule has 0 spiro atoms. The van der Waals surface area contributed by atoms with E-state index in [9.17, 15) is 0 Å². The minimum Gasteiger partial charge on any atom is -0.497 e. The molecule has 80 valence electrons. The molecule has 0 amide bonds. The second-order valence-corrected chi connectivity index (χ2v) is 9.95. The molecule has 1 aromatic carbocycles. The Morgan fingerprint density at radius 1 is 1.27 bits per heavy atom. The summed E-state index contributed by atoms with van der Waals surface area (Å²) in [6, 6.07) is 5.84. The van der Waals surface area contributed by atoms with Crippen molar-refractivity contribution in [3.63, 3.8) is 0 Å². The molecular weight excluding hydrogens is 268 g/mol. The summed E-state index contributed by atoms with van der Waals surface area (Å²) in [5.74, 6) is 4.06. The first-order chi connectivity index (χ1) is 6.92. The van der Waals surface area contributed by atoms with Gasteiger partial charge >= 0.3 is 0 Å². The van der Waals surface area contributed by atoms with Gasteiger partial charge in [-0.05, 0) is 34.1 Å². The van der Waals surface area contributed by atoms with Crippen LogP contribution in [0.15, 0.2) is 22.7 Å². The van der Waals surface area contributed by atoms with Crippen molar-refractivity contribution in [1.29, 1.82) is 0 Å². The van der Waals surface area contributed by atoms with Crippen molar-refractivity contribution in [2.45, 2.75) is 19.6 Å². The first-order valence-electron chi connectivity index (χ1n) is 4.79. The molecule has 0 unspecified atom stereocenters. The van der Waals surface area contributed by atoms with Crippen LogP contribution in [0.1, 0.15) is 5.56 Å². The fourth-order valence-corrected chi connectivity index (χ4v) is 1.84. The third-order valence-electron chi connectivity index (χ3n) is 1.75. The lowest BCUT2D eigenvalue weighted by atomic mass is 10.2. The molecule has 0 aliphatic carbocycles. The standard InChI is InChI=1S/C12H15BrOSi/c1-14-11-5-6-12(13)10(9-11)7-8-15(2,3)4/h5-6,9H,1-4H3. The number of methoxy groups -OCH3 is 1. The lowest BCUT2D eigenvalue weighted by Crippen LogP contribution is -2.16. The van der Waals surface area contributed by atoms with Gasteiger partial charge in [-0.25, -0.2) is 0 Å². The Bertz CT molecular complexity index is 410. The van der Waals surface area contributed by atoms with Crippen LogP contribution in [0.5, 0.6) is 5.75 Å². The van der Waals surface area contributed by atoms with Crippen molar-refractivity contribution in [2.24, 2.45) is 0 Å². The van der Waals surface area contributed by atoms with E-state index in [0.717, 1.165) is 15.8 Å². The number of rotatable bonds is 1. The largest absolute Gasteiger partial charge is 0.497 e. The summed E-state index contributed by atoms with van der Waals surface area (Å²) >= 11 is 3.48. The Balaban J connectivity index is 3.07. The zero-order valence-corrected chi connectivity index (χ0v) is 12.1. The van der Waals surface area contributed by atoms with Crippen LogP contribution < -0.4 is 4.74 Å². The highest BCUT2D eigenvalue weighted by atomic mass is 79.9. The number of halogens is 1. The second kappa shape index (κ2) is 4.87. The van der Waals surface area contributed by atoms with Gasteiger partial charge in [-0.3, -0.25) is 0 Å². The van der Waals surface area contributed by atoms with Gasteiger partial charge in [0.2, 0.25) is 0 Å². The fraction of sp³-hybridized carbons (Fsp3) is 0.333. The minimum atomic E-state index is -1.31. The van der Waals surface area contributed by atoms with Crippen LogP contribution in [0, 0.1) is 11.5 Å². The summed E-state index contributed by atoms with van der Waals surface area (Å²) in [5.41, 5.74) is 4.33. The van der Waals surface area contributed by atoms with Crippen LogP contribution in [0.3, 0.4) is 0 Å². The third kappa shape index (κ3) is 4.11. The van der Waals surface area contributed by atoms with E-state index in [4.69, 9.17) is 4.74 Å². The molecule has 3 heteroatoms. The second-order valence-electron chi connectivity index (χ2n) is 4.35. The van der Waals surface area contributed by atoms with Gasteiger partial charge in [0, 0.05) is 10.0 Å². The first-order valence-corrected chi connectivity index (χ1v) is 9.08. The summed E-state index contributed by atoms with van der Waals surface area (Å²) in [7, 11) is 0.352. The number of hydrogen-bond acceptors (Lipinski definition) is 1. The van der Waals surface area contributed by atoms with Crippen LogP contribution >= 0.6 is 15.9 Å². The predicted molar refractivity (Wildman–Crippen MR) is 70.9 cm³/mol. The Morgan fingerprint density at radius 2 is 1.93 bits per heavy atom. The van der Waals surface area contributed by atoms with Crippen molar-refractivity contribution in [3.05, 3.63) is 28.2 Å². The zero-order valence-electron chi connectivity index (χ0n) is 9.52. The van der Waals surface area contributed by atoms with Crippen molar-refractivity contribution in [1.82, 2.24) is 0 Å². The third-order valence-corrected chi connectivity index (χ3v) is 3.31. The van der Waals surface area contributed by atoms with Gasteiger partial charge in [0.05, 0.1) is 7.11 Å². The lowest BCUT2D eigenvalue weighted by molar-refractivity contribution is 0.414. The lowest BCUT2D eigenvalue weighted by Gasteiger charge is -2.05. The molecule has 0 aliphatic heterocycles. The molecule has 0 bridgehead atoms. The van der Waals surface area contributed by atoms with Crippen LogP contribution in [0.25, 0.3) is 0 Å². The summed E-state index contributed by atoms with van der Waals surface area (Å²) < 4.78 is 6.19. The maximum Gasteiger partial charge on any atom is 0.129 e. The summed E-state index contributed by atoms with van der Waals surface area (Å²) in [6.07, 6.45) is 0. The van der Waals surface area contributed by atoms with Gasteiger partial charge < -0.3 is 4.74 Å². The highest BCUT2D eigenvalue weighted by Crippen LogP contribution is 2.21. The van der Waals surface area contributed by atoms with Crippen LogP contribution in [-0.4, -0.2) is 15.2 Å². The van der Waals surface area contributed by atoms with Crippen LogP contribution in [-0.2, 0) is 0 Å². The Hall–Kier alpha value is -0.723. The van der Waals surface area contributed by atoms with E-state index >= 15 is 0 Å². The molecule has 0 N–H and O–H groups in total. The predicted octanol–water partition coefficient (Wildman–Crippen LogP) is 3.69. The zero-order chi connectivity index (χ0) is 11.5. The van der Waals surface area contributed by atoms with E-state index in [1.54, 1.807) is 7.11 Å². The van der Waals surface area contributed by atoms with E-state index in [1.807, 2.05) is 18.2 Å². The van der Waals surface area contributed by atoms with Gasteiger partial charge in [0.25, 0.3) is 0 Å². The highest BCUT2D eigenvalue weighted by Gasteiger charge is 2.08. The highest BCUT2D eigenvalue weighted by molar-refractivity contribution is 9.10. The first kappa shape index (κ1) is 12.3. The Morgan fingerprint density at radius 3 is 2.47 bits per heavy atom. The molecule has 0 heterocycles. The Kier molecular flexibility index (Phi) is 4.01. The van der Waals surface area contributed by atoms with Crippen molar-refractivity contribution >= 4 is 24.0 Å². The average Bonchev–Trinajstić information content (AvgIpc) is 2.15. The Labute approximate surface area is 101 Å². The maximum atomic E-state index is 5.16. The summed E-state index contributed by atoms with van der Waals surface area (Å²) in [4.78, 5) is 0. The van der Waals surface area contributed by atoms with Crippen molar-refractivity contribution in [3.8, 4) is 17.2 Å². The summed E-state index contributed by atoms with van der Waals surface area (Å²) in [5, 5.41) is 0. The quantitative estimate of drug-likeness (QED) is 0.564. The van der Waals surface area contributed by atoms with Crippen LogP contribution in [0.4, 0.5) is 0 Å². The van der Waals surface area contributed by atoms with E-state index < -0.39 is 8.07 Å². The average molecular weight is 283 g/mol. The fourth-order valence-electron chi connectivity index (χ4n) is 0.982. The van der Waals surface area contributed by atoms with Gasteiger partial charge in [0.15, 0.2) is 0 Å².